The molecule has 2 N–H and O–H groups in total. The molecule has 1 aromatic heterocycles. The molecule has 1 aliphatic rings. The summed E-state index contributed by atoms with van der Waals surface area (Å²) in [6.07, 6.45) is 3.57. The quantitative estimate of drug-likeness (QED) is 0.363. The number of rotatable bonds is 6. The number of aromatic nitrogens is 2. The summed E-state index contributed by atoms with van der Waals surface area (Å²) in [5, 5.41) is 11.0. The van der Waals surface area contributed by atoms with Crippen LogP contribution in [-0.4, -0.2) is 42.0 Å². The average Bonchev–Trinajstić information content (AvgIpc) is 3.10. The molecule has 2 aromatic rings. The Balaban J connectivity index is 0.00000280. The molecule has 0 spiro atoms. The molecule has 154 valence electrons. The number of hydrogen-bond acceptors (Lipinski definition) is 3. The van der Waals surface area contributed by atoms with Crippen LogP contribution in [0.2, 0.25) is 0 Å². The van der Waals surface area contributed by atoms with Gasteiger partial charge in [0.05, 0.1) is 12.2 Å². The number of guanidine groups is 1. The molecule has 1 aliphatic heterocycles. The number of aryl methyl sites for hydroxylation is 1. The summed E-state index contributed by atoms with van der Waals surface area (Å²) in [4.78, 5) is 4.68. The monoisotopic (exact) mass is 501 g/mol. The summed E-state index contributed by atoms with van der Waals surface area (Å²) >= 11 is 0. The fourth-order valence-electron chi connectivity index (χ4n) is 3.44. The van der Waals surface area contributed by atoms with E-state index in [4.69, 9.17) is 4.74 Å². The van der Waals surface area contributed by atoms with Gasteiger partial charge in [-0.05, 0) is 43.5 Å². The van der Waals surface area contributed by atoms with Crippen LogP contribution in [0.1, 0.15) is 31.0 Å². The van der Waals surface area contributed by atoms with Gasteiger partial charge >= 0.3 is 0 Å². The van der Waals surface area contributed by atoms with Crippen LogP contribution in [-0.2, 0) is 23.7 Å². The molecular weight excluding hydrogens is 472 g/mol. The van der Waals surface area contributed by atoms with Crippen molar-refractivity contribution < 1.29 is 9.13 Å². The van der Waals surface area contributed by atoms with E-state index < -0.39 is 0 Å². The van der Waals surface area contributed by atoms with Gasteiger partial charge in [-0.2, -0.15) is 5.10 Å². The fourth-order valence-corrected chi connectivity index (χ4v) is 3.44. The van der Waals surface area contributed by atoms with Gasteiger partial charge in [0, 0.05) is 45.0 Å². The number of ether oxygens (including phenoxy) is 1. The summed E-state index contributed by atoms with van der Waals surface area (Å²) in [5.74, 6) is 0.562. The van der Waals surface area contributed by atoms with Crippen LogP contribution in [0.4, 0.5) is 4.39 Å². The largest absolute Gasteiger partial charge is 0.381 e. The van der Waals surface area contributed by atoms with E-state index in [1.54, 1.807) is 6.20 Å². The second-order valence-corrected chi connectivity index (χ2v) is 6.89. The van der Waals surface area contributed by atoms with Crippen molar-refractivity contribution in [1.82, 2.24) is 20.4 Å². The summed E-state index contributed by atoms with van der Waals surface area (Å²) in [5.41, 5.74) is 2.10. The zero-order valence-corrected chi connectivity index (χ0v) is 18.8. The molecule has 0 bridgehead atoms. The SMILES string of the molecule is CCNC(=NCc1ccnn1C)NCC1(c2ccc(F)cc2)CCOCC1.I. The zero-order valence-electron chi connectivity index (χ0n) is 16.4. The van der Waals surface area contributed by atoms with Crippen LogP contribution in [0.5, 0.6) is 0 Å². The number of hydrogen-bond donors (Lipinski definition) is 2. The highest BCUT2D eigenvalue weighted by Crippen LogP contribution is 2.34. The maximum absolute atomic E-state index is 13.4. The molecule has 0 atom stereocenters. The topological polar surface area (TPSA) is 63.5 Å². The van der Waals surface area contributed by atoms with E-state index in [0.717, 1.165) is 43.1 Å². The van der Waals surface area contributed by atoms with Gasteiger partial charge in [-0.15, -0.1) is 24.0 Å². The summed E-state index contributed by atoms with van der Waals surface area (Å²) in [7, 11) is 1.91. The Morgan fingerprint density at radius 3 is 2.54 bits per heavy atom. The Morgan fingerprint density at radius 1 is 1.21 bits per heavy atom. The van der Waals surface area contributed by atoms with Crippen LogP contribution in [0.25, 0.3) is 0 Å². The van der Waals surface area contributed by atoms with Gasteiger partial charge < -0.3 is 15.4 Å². The van der Waals surface area contributed by atoms with Crippen LogP contribution >= 0.6 is 24.0 Å². The Hall–Kier alpha value is -1.68. The fraction of sp³-hybridized carbons (Fsp3) is 0.500. The van der Waals surface area contributed by atoms with E-state index in [1.807, 2.05) is 36.9 Å². The molecule has 28 heavy (non-hydrogen) atoms. The van der Waals surface area contributed by atoms with Crippen molar-refractivity contribution in [2.45, 2.75) is 31.7 Å². The molecule has 0 saturated carbocycles. The van der Waals surface area contributed by atoms with E-state index in [0.29, 0.717) is 19.8 Å². The molecule has 1 saturated heterocycles. The van der Waals surface area contributed by atoms with E-state index >= 15 is 0 Å². The first-order valence-corrected chi connectivity index (χ1v) is 9.46. The first kappa shape index (κ1) is 22.6. The molecular formula is C20H29FIN5O. The standard InChI is InChI=1S/C20H28FN5O.HI/c1-3-22-19(23-14-18-8-11-25-26(18)2)24-15-20(9-12-27-13-10-20)16-4-6-17(21)7-5-16;/h4-8,11H,3,9-10,12-15H2,1-2H3,(H2,22,23,24);1H. The number of halogens is 2. The van der Waals surface area contributed by atoms with Gasteiger partial charge in [-0.25, -0.2) is 9.38 Å². The third-order valence-corrected chi connectivity index (χ3v) is 5.17. The van der Waals surface area contributed by atoms with Crippen molar-refractivity contribution in [2.24, 2.45) is 12.0 Å². The molecule has 2 heterocycles. The number of nitrogens with one attached hydrogen (secondary N) is 2. The average molecular weight is 501 g/mol. The second-order valence-electron chi connectivity index (χ2n) is 6.89. The molecule has 0 amide bonds. The van der Waals surface area contributed by atoms with Crippen molar-refractivity contribution >= 4 is 29.9 Å². The van der Waals surface area contributed by atoms with Crippen LogP contribution in [0, 0.1) is 5.82 Å². The molecule has 6 nitrogen and oxygen atoms in total. The highest BCUT2D eigenvalue weighted by atomic mass is 127. The molecule has 0 aliphatic carbocycles. The highest BCUT2D eigenvalue weighted by molar-refractivity contribution is 14.0. The lowest BCUT2D eigenvalue weighted by molar-refractivity contribution is 0.0513. The first-order valence-electron chi connectivity index (χ1n) is 9.46. The maximum atomic E-state index is 13.4. The minimum Gasteiger partial charge on any atom is -0.381 e. The molecule has 0 unspecified atom stereocenters. The Morgan fingerprint density at radius 2 is 1.93 bits per heavy atom. The number of aliphatic imine (C=N–C) groups is 1. The Bertz CT molecular complexity index is 756. The van der Waals surface area contributed by atoms with Gasteiger partial charge in [0.25, 0.3) is 0 Å². The summed E-state index contributed by atoms with van der Waals surface area (Å²) in [6.45, 7) is 5.52. The van der Waals surface area contributed by atoms with Gasteiger partial charge in [-0.1, -0.05) is 12.1 Å². The van der Waals surface area contributed by atoms with Gasteiger partial charge in [0.2, 0.25) is 0 Å². The summed E-state index contributed by atoms with van der Waals surface area (Å²) < 4.78 is 20.8. The normalized spacial score (nSPS) is 16.3. The minimum absolute atomic E-state index is 0. The van der Waals surface area contributed by atoms with Crippen molar-refractivity contribution in [1.29, 1.82) is 0 Å². The maximum Gasteiger partial charge on any atom is 0.191 e. The number of nitrogens with zero attached hydrogens (tertiary/aromatic N) is 3. The lowest BCUT2D eigenvalue weighted by Crippen LogP contribution is -2.48. The minimum atomic E-state index is -0.208. The van der Waals surface area contributed by atoms with Crippen LogP contribution < -0.4 is 10.6 Å². The van der Waals surface area contributed by atoms with Crippen molar-refractivity contribution in [2.75, 3.05) is 26.3 Å². The first-order chi connectivity index (χ1) is 13.1. The van der Waals surface area contributed by atoms with E-state index in [9.17, 15) is 4.39 Å². The van der Waals surface area contributed by atoms with Crippen molar-refractivity contribution in [3.8, 4) is 0 Å². The van der Waals surface area contributed by atoms with Gasteiger partial charge in [0.1, 0.15) is 5.82 Å². The van der Waals surface area contributed by atoms with E-state index in [1.165, 1.54) is 12.1 Å². The molecule has 3 rings (SSSR count). The summed E-state index contributed by atoms with van der Waals surface area (Å²) in [6, 6.07) is 8.82. The predicted molar refractivity (Wildman–Crippen MR) is 120 cm³/mol. The molecule has 1 aromatic carbocycles. The van der Waals surface area contributed by atoms with Crippen molar-refractivity contribution in [3.63, 3.8) is 0 Å². The molecule has 8 heteroatoms. The van der Waals surface area contributed by atoms with E-state index in [-0.39, 0.29) is 35.2 Å². The third-order valence-electron chi connectivity index (χ3n) is 5.17. The van der Waals surface area contributed by atoms with Crippen molar-refractivity contribution in [3.05, 3.63) is 53.6 Å². The van der Waals surface area contributed by atoms with Crippen LogP contribution in [0.3, 0.4) is 0 Å². The third kappa shape index (κ3) is 5.66. The van der Waals surface area contributed by atoms with Gasteiger partial charge in [-0.3, -0.25) is 4.68 Å². The number of benzene rings is 1. The second kappa shape index (κ2) is 10.8. The molecule has 1 fully saturated rings. The van der Waals surface area contributed by atoms with Gasteiger partial charge in [0.15, 0.2) is 5.96 Å². The van der Waals surface area contributed by atoms with Crippen LogP contribution in [0.15, 0.2) is 41.5 Å². The highest BCUT2D eigenvalue weighted by Gasteiger charge is 2.34. The predicted octanol–water partition coefficient (Wildman–Crippen LogP) is 2.98. The Labute approximate surface area is 183 Å². The zero-order chi connectivity index (χ0) is 19.1. The lowest BCUT2D eigenvalue weighted by atomic mass is 9.74. The molecule has 0 radical (unpaired) electrons. The lowest BCUT2D eigenvalue weighted by Gasteiger charge is -2.38. The van der Waals surface area contributed by atoms with E-state index in [2.05, 4.69) is 20.7 Å². The Kier molecular flexibility index (Phi) is 8.68. The smallest absolute Gasteiger partial charge is 0.191 e.